The van der Waals surface area contributed by atoms with E-state index < -0.39 is 5.97 Å². The van der Waals surface area contributed by atoms with Gasteiger partial charge in [0.1, 0.15) is 11.5 Å². The molecule has 2 rings (SSSR count). The van der Waals surface area contributed by atoms with Crippen LogP contribution in [0.15, 0.2) is 24.5 Å². The molecule has 0 radical (unpaired) electrons. The van der Waals surface area contributed by atoms with Gasteiger partial charge in [0, 0.05) is 25.3 Å². The van der Waals surface area contributed by atoms with Crippen molar-refractivity contribution in [3.8, 4) is 22.8 Å². The smallest absolute Gasteiger partial charge is 0.359 e. The van der Waals surface area contributed by atoms with E-state index in [1.165, 1.54) is 0 Å². The number of unbranched alkanes of at least 4 members (excludes halogenated alkanes) is 1. The van der Waals surface area contributed by atoms with E-state index in [2.05, 4.69) is 11.9 Å². The standard InChI is InChI=1S/C19H26N2O5/c1-5-7-10-21-12-20-17(19(22)25-6-2)18(21)15-9-8-14(24-4)11-16(15)26-13-23-3/h8-9,11-12H,5-7,10,13H2,1-4H3. The number of ether oxygens (including phenoxy) is 4. The lowest BCUT2D eigenvalue weighted by atomic mass is 10.1. The highest BCUT2D eigenvalue weighted by Gasteiger charge is 2.23. The molecule has 7 nitrogen and oxygen atoms in total. The van der Waals surface area contributed by atoms with E-state index in [-0.39, 0.29) is 19.1 Å². The van der Waals surface area contributed by atoms with Gasteiger partial charge in [-0.1, -0.05) is 13.3 Å². The van der Waals surface area contributed by atoms with Gasteiger partial charge in [-0.3, -0.25) is 0 Å². The Bertz CT molecular complexity index is 727. The van der Waals surface area contributed by atoms with Crippen molar-refractivity contribution < 1.29 is 23.7 Å². The second-order valence-corrected chi connectivity index (χ2v) is 5.62. The van der Waals surface area contributed by atoms with Crippen molar-refractivity contribution in [2.45, 2.75) is 33.2 Å². The largest absolute Gasteiger partial charge is 0.497 e. The molecule has 2 aromatic rings. The molecule has 7 heteroatoms. The average Bonchev–Trinajstić information content (AvgIpc) is 3.08. The SMILES string of the molecule is CCCCn1cnc(C(=O)OCC)c1-c1ccc(OC)cc1OCOC. The minimum Gasteiger partial charge on any atom is -0.497 e. The summed E-state index contributed by atoms with van der Waals surface area (Å²) < 4.78 is 23.1. The van der Waals surface area contributed by atoms with E-state index in [4.69, 9.17) is 18.9 Å². The van der Waals surface area contributed by atoms with Gasteiger partial charge in [0.05, 0.1) is 25.7 Å². The second kappa shape index (κ2) is 9.82. The molecule has 142 valence electrons. The van der Waals surface area contributed by atoms with Crippen LogP contribution in [0, 0.1) is 0 Å². The minimum absolute atomic E-state index is 0.0814. The summed E-state index contributed by atoms with van der Waals surface area (Å²) in [6, 6.07) is 5.44. The monoisotopic (exact) mass is 362 g/mol. The normalized spacial score (nSPS) is 10.6. The van der Waals surface area contributed by atoms with Gasteiger partial charge < -0.3 is 23.5 Å². The molecule has 0 fully saturated rings. The summed E-state index contributed by atoms with van der Waals surface area (Å²) in [5.41, 5.74) is 1.68. The van der Waals surface area contributed by atoms with E-state index in [0.717, 1.165) is 24.9 Å². The van der Waals surface area contributed by atoms with E-state index in [9.17, 15) is 4.79 Å². The number of esters is 1. The van der Waals surface area contributed by atoms with Crippen LogP contribution in [0.1, 0.15) is 37.2 Å². The highest BCUT2D eigenvalue weighted by atomic mass is 16.7. The van der Waals surface area contributed by atoms with Crippen molar-refractivity contribution in [1.29, 1.82) is 0 Å². The molecule has 0 amide bonds. The van der Waals surface area contributed by atoms with Crippen LogP contribution in [0.2, 0.25) is 0 Å². The van der Waals surface area contributed by atoms with Crippen molar-refractivity contribution in [3.05, 3.63) is 30.2 Å². The fourth-order valence-electron chi connectivity index (χ4n) is 2.58. The summed E-state index contributed by atoms with van der Waals surface area (Å²) in [5.74, 6) is 0.749. The number of hydrogen-bond donors (Lipinski definition) is 0. The zero-order valence-electron chi connectivity index (χ0n) is 15.8. The number of hydrogen-bond acceptors (Lipinski definition) is 6. The van der Waals surface area contributed by atoms with Gasteiger partial charge in [-0.25, -0.2) is 9.78 Å². The summed E-state index contributed by atoms with van der Waals surface area (Å²) in [6.45, 7) is 5.00. The summed E-state index contributed by atoms with van der Waals surface area (Å²) in [7, 11) is 3.14. The highest BCUT2D eigenvalue weighted by molar-refractivity contribution is 5.95. The molecule has 0 saturated heterocycles. The van der Waals surface area contributed by atoms with Crippen LogP contribution in [0.5, 0.6) is 11.5 Å². The summed E-state index contributed by atoms with van der Waals surface area (Å²) in [4.78, 5) is 16.7. The van der Waals surface area contributed by atoms with Crippen molar-refractivity contribution in [1.82, 2.24) is 9.55 Å². The number of imidazole rings is 1. The third kappa shape index (κ3) is 4.54. The van der Waals surface area contributed by atoms with Gasteiger partial charge >= 0.3 is 5.97 Å². The first-order valence-electron chi connectivity index (χ1n) is 8.68. The van der Waals surface area contributed by atoms with Gasteiger partial charge in [0.2, 0.25) is 0 Å². The maximum atomic E-state index is 12.4. The third-order valence-electron chi connectivity index (χ3n) is 3.84. The third-order valence-corrected chi connectivity index (χ3v) is 3.84. The van der Waals surface area contributed by atoms with Gasteiger partial charge in [-0.15, -0.1) is 0 Å². The molecule has 0 unspecified atom stereocenters. The quantitative estimate of drug-likeness (QED) is 0.476. The Balaban J connectivity index is 2.56. The molecule has 0 aliphatic carbocycles. The fourth-order valence-corrected chi connectivity index (χ4v) is 2.58. The van der Waals surface area contributed by atoms with E-state index in [1.807, 2.05) is 16.7 Å². The van der Waals surface area contributed by atoms with Crippen LogP contribution >= 0.6 is 0 Å². The van der Waals surface area contributed by atoms with Crippen molar-refractivity contribution in [3.63, 3.8) is 0 Å². The highest BCUT2D eigenvalue weighted by Crippen LogP contribution is 2.35. The van der Waals surface area contributed by atoms with Gasteiger partial charge in [0.15, 0.2) is 12.5 Å². The zero-order chi connectivity index (χ0) is 18.9. The Kier molecular flexibility index (Phi) is 7.47. The maximum Gasteiger partial charge on any atom is 0.359 e. The second-order valence-electron chi connectivity index (χ2n) is 5.62. The lowest BCUT2D eigenvalue weighted by Gasteiger charge is -2.15. The Hall–Kier alpha value is -2.54. The molecule has 1 aromatic heterocycles. The molecule has 0 atom stereocenters. The van der Waals surface area contributed by atoms with Crippen molar-refractivity contribution >= 4 is 5.97 Å². The van der Waals surface area contributed by atoms with Crippen LogP contribution in [-0.2, 0) is 16.0 Å². The lowest BCUT2D eigenvalue weighted by Crippen LogP contribution is -2.10. The number of nitrogens with zero attached hydrogens (tertiary/aromatic N) is 2. The lowest BCUT2D eigenvalue weighted by molar-refractivity contribution is 0.0513. The molecule has 0 saturated carbocycles. The summed E-state index contributed by atoms with van der Waals surface area (Å²) in [6.07, 6.45) is 3.67. The molecule has 1 heterocycles. The molecule has 0 bridgehead atoms. The molecule has 0 N–H and O–H groups in total. The molecule has 0 aliphatic heterocycles. The van der Waals surface area contributed by atoms with Gasteiger partial charge in [-0.2, -0.15) is 0 Å². The average molecular weight is 362 g/mol. The maximum absolute atomic E-state index is 12.4. The molecular weight excluding hydrogens is 336 g/mol. The number of aromatic nitrogens is 2. The number of aryl methyl sites for hydroxylation is 1. The Morgan fingerprint density at radius 1 is 1.23 bits per heavy atom. The van der Waals surface area contributed by atoms with Crippen LogP contribution < -0.4 is 9.47 Å². The topological polar surface area (TPSA) is 71.8 Å². The van der Waals surface area contributed by atoms with Crippen LogP contribution in [0.25, 0.3) is 11.3 Å². The fraction of sp³-hybridized carbons (Fsp3) is 0.474. The predicted octanol–water partition coefficient (Wildman–Crippen LogP) is 3.52. The predicted molar refractivity (Wildman–Crippen MR) is 97.6 cm³/mol. The van der Waals surface area contributed by atoms with E-state index in [0.29, 0.717) is 17.2 Å². The number of benzene rings is 1. The molecule has 0 aliphatic rings. The number of rotatable bonds is 10. The first kappa shape index (κ1) is 19.8. The number of methoxy groups -OCH3 is 2. The van der Waals surface area contributed by atoms with Gasteiger partial charge in [0.25, 0.3) is 0 Å². The summed E-state index contributed by atoms with van der Waals surface area (Å²) in [5, 5.41) is 0. The Morgan fingerprint density at radius 3 is 2.69 bits per heavy atom. The first-order chi connectivity index (χ1) is 12.7. The zero-order valence-corrected chi connectivity index (χ0v) is 15.8. The first-order valence-corrected chi connectivity index (χ1v) is 8.68. The Morgan fingerprint density at radius 2 is 2.04 bits per heavy atom. The molecule has 0 spiro atoms. The Labute approximate surface area is 153 Å². The van der Waals surface area contributed by atoms with Crippen LogP contribution in [-0.4, -0.2) is 43.1 Å². The number of carbonyl (C=O) groups is 1. The number of carbonyl (C=O) groups excluding carboxylic acids is 1. The molecular formula is C19H26N2O5. The molecule has 26 heavy (non-hydrogen) atoms. The van der Waals surface area contributed by atoms with Crippen molar-refractivity contribution in [2.75, 3.05) is 27.6 Å². The van der Waals surface area contributed by atoms with Crippen LogP contribution in [0.3, 0.4) is 0 Å². The van der Waals surface area contributed by atoms with E-state index in [1.54, 1.807) is 33.5 Å². The minimum atomic E-state index is -0.453. The van der Waals surface area contributed by atoms with E-state index >= 15 is 0 Å². The van der Waals surface area contributed by atoms with Crippen molar-refractivity contribution in [2.24, 2.45) is 0 Å². The summed E-state index contributed by atoms with van der Waals surface area (Å²) >= 11 is 0. The van der Waals surface area contributed by atoms with Gasteiger partial charge in [-0.05, 0) is 25.5 Å². The van der Waals surface area contributed by atoms with Crippen LogP contribution in [0.4, 0.5) is 0 Å². The molecule has 1 aromatic carbocycles.